The smallest absolute Gasteiger partial charge is 0.262 e. The number of H-pyrrole nitrogens is 1. The molecule has 4 aromatic rings. The van der Waals surface area contributed by atoms with Crippen molar-refractivity contribution in [1.82, 2.24) is 29.6 Å². The minimum absolute atomic E-state index is 0.178. The predicted octanol–water partition coefficient (Wildman–Crippen LogP) is 2.67. The van der Waals surface area contributed by atoms with Crippen LogP contribution in [0.4, 0.5) is 0 Å². The van der Waals surface area contributed by atoms with Gasteiger partial charge >= 0.3 is 0 Å². The number of benzene rings is 2. The number of methoxy groups -OCH3 is 1. The molecule has 0 saturated carbocycles. The zero-order chi connectivity index (χ0) is 23.2. The molecule has 2 aromatic carbocycles. The third kappa shape index (κ3) is 5.41. The Labute approximate surface area is 195 Å². The van der Waals surface area contributed by atoms with E-state index in [1.807, 2.05) is 24.3 Å². The Balaban J connectivity index is 1.43. The molecule has 1 amide bonds. The molecule has 0 radical (unpaired) electrons. The molecule has 4 rings (SSSR count). The van der Waals surface area contributed by atoms with Crippen molar-refractivity contribution in [1.29, 1.82) is 0 Å². The quantitative estimate of drug-likeness (QED) is 0.291. The Bertz CT molecular complexity index is 1360. The van der Waals surface area contributed by atoms with E-state index in [9.17, 15) is 9.59 Å². The largest absolute Gasteiger partial charge is 0.385 e. The fraction of sp³-hybridized carbons (Fsp3) is 0.261. The Kier molecular flexibility index (Phi) is 7.06. The van der Waals surface area contributed by atoms with Gasteiger partial charge in [0.2, 0.25) is 0 Å². The lowest BCUT2D eigenvalue weighted by Crippen LogP contribution is -2.24. The molecule has 0 aliphatic rings. The van der Waals surface area contributed by atoms with Gasteiger partial charge in [0.1, 0.15) is 12.7 Å². The summed E-state index contributed by atoms with van der Waals surface area (Å²) in [5, 5.41) is 7.50. The average Bonchev–Trinajstić information content (AvgIpc) is 3.33. The molecule has 0 bridgehead atoms. The summed E-state index contributed by atoms with van der Waals surface area (Å²) in [5.74, 6) is -0.229. The van der Waals surface area contributed by atoms with Gasteiger partial charge in [-0.05, 0) is 48.0 Å². The molecular formula is C23H24N6O3S. The van der Waals surface area contributed by atoms with Crippen molar-refractivity contribution in [2.24, 2.45) is 0 Å². The summed E-state index contributed by atoms with van der Waals surface area (Å²) in [6, 6.07) is 12.9. The number of rotatable bonds is 9. The number of hydrogen-bond acceptors (Lipinski definition) is 6. The minimum Gasteiger partial charge on any atom is -0.385 e. The van der Waals surface area contributed by atoms with Gasteiger partial charge in [0, 0.05) is 32.4 Å². The van der Waals surface area contributed by atoms with E-state index in [-0.39, 0.29) is 11.5 Å². The number of amides is 1. The number of aromatic nitrogens is 5. The molecule has 10 heteroatoms. The number of carbonyl (C=O) groups excluding carboxylic acids is 1. The third-order valence-electron chi connectivity index (χ3n) is 5.26. The van der Waals surface area contributed by atoms with Gasteiger partial charge < -0.3 is 15.0 Å². The van der Waals surface area contributed by atoms with Crippen LogP contribution >= 0.6 is 12.2 Å². The molecule has 0 unspecified atom stereocenters. The molecule has 0 aliphatic heterocycles. The van der Waals surface area contributed by atoms with Gasteiger partial charge in [0.15, 0.2) is 4.77 Å². The zero-order valence-corrected chi connectivity index (χ0v) is 19.0. The Morgan fingerprint density at radius 1 is 1.18 bits per heavy atom. The lowest BCUT2D eigenvalue weighted by atomic mass is 10.1. The van der Waals surface area contributed by atoms with Crippen molar-refractivity contribution in [3.8, 4) is 0 Å². The highest BCUT2D eigenvalue weighted by molar-refractivity contribution is 7.71. The van der Waals surface area contributed by atoms with Crippen LogP contribution in [0.15, 0.2) is 59.9 Å². The van der Waals surface area contributed by atoms with Crippen molar-refractivity contribution in [2.75, 3.05) is 13.7 Å². The van der Waals surface area contributed by atoms with E-state index >= 15 is 0 Å². The molecular weight excluding hydrogens is 440 g/mol. The van der Waals surface area contributed by atoms with Crippen LogP contribution in [0.2, 0.25) is 0 Å². The number of aromatic amines is 1. The SMILES string of the molecule is COCCCn1c(=S)[nH]c2cc(C(=O)NCc3ccc(Cn4cncn4)cc3)ccc2c1=O. The van der Waals surface area contributed by atoms with E-state index < -0.39 is 0 Å². The Morgan fingerprint density at radius 3 is 2.70 bits per heavy atom. The summed E-state index contributed by atoms with van der Waals surface area (Å²) in [4.78, 5) is 32.5. The standard InChI is InChI=1S/C23H24N6O3S/c1-32-10-2-9-29-22(31)19-8-7-18(11-20(19)27-23(29)33)21(30)25-12-16-3-5-17(6-4-16)13-28-15-24-14-26-28/h3-8,11,14-15H,2,9-10,12-13H2,1H3,(H,25,30)(H,27,33). The van der Waals surface area contributed by atoms with Crippen molar-refractivity contribution in [2.45, 2.75) is 26.1 Å². The van der Waals surface area contributed by atoms with Crippen LogP contribution in [0.3, 0.4) is 0 Å². The Hall–Kier alpha value is -3.63. The van der Waals surface area contributed by atoms with Crippen molar-refractivity contribution in [3.63, 3.8) is 0 Å². The van der Waals surface area contributed by atoms with Gasteiger partial charge in [-0.2, -0.15) is 5.10 Å². The third-order valence-corrected chi connectivity index (χ3v) is 5.58. The lowest BCUT2D eigenvalue weighted by molar-refractivity contribution is 0.0951. The first-order valence-electron chi connectivity index (χ1n) is 10.5. The number of hydrogen-bond donors (Lipinski definition) is 2. The normalized spacial score (nSPS) is 11.1. The van der Waals surface area contributed by atoms with E-state index in [4.69, 9.17) is 17.0 Å². The predicted molar refractivity (Wildman–Crippen MR) is 127 cm³/mol. The molecule has 33 heavy (non-hydrogen) atoms. The first-order chi connectivity index (χ1) is 16.0. The van der Waals surface area contributed by atoms with Crippen molar-refractivity contribution in [3.05, 3.63) is 86.9 Å². The monoisotopic (exact) mass is 464 g/mol. The summed E-state index contributed by atoms with van der Waals surface area (Å²) in [6.45, 7) is 2.04. The zero-order valence-electron chi connectivity index (χ0n) is 18.2. The number of carbonyl (C=O) groups is 1. The van der Waals surface area contributed by atoms with E-state index in [2.05, 4.69) is 20.4 Å². The highest BCUT2D eigenvalue weighted by atomic mass is 32.1. The number of nitrogens with one attached hydrogen (secondary N) is 2. The van der Waals surface area contributed by atoms with Gasteiger partial charge in [0.05, 0.1) is 17.4 Å². The van der Waals surface area contributed by atoms with Crippen LogP contribution in [0.25, 0.3) is 10.9 Å². The molecule has 0 atom stereocenters. The molecule has 2 N–H and O–H groups in total. The van der Waals surface area contributed by atoms with Crippen molar-refractivity contribution < 1.29 is 9.53 Å². The second kappa shape index (κ2) is 10.3. The fourth-order valence-corrected chi connectivity index (χ4v) is 3.80. The van der Waals surface area contributed by atoms with E-state index in [0.717, 1.165) is 11.1 Å². The maximum absolute atomic E-state index is 12.8. The molecule has 2 aromatic heterocycles. The summed E-state index contributed by atoms with van der Waals surface area (Å²) >= 11 is 5.34. The summed E-state index contributed by atoms with van der Waals surface area (Å²) in [6.07, 6.45) is 3.85. The van der Waals surface area contributed by atoms with Crippen LogP contribution < -0.4 is 10.9 Å². The van der Waals surface area contributed by atoms with Crippen LogP contribution in [0.1, 0.15) is 27.9 Å². The fourth-order valence-electron chi connectivity index (χ4n) is 3.51. The number of ether oxygens (including phenoxy) is 1. The average molecular weight is 465 g/mol. The molecule has 0 fully saturated rings. The second-order valence-electron chi connectivity index (χ2n) is 7.59. The van der Waals surface area contributed by atoms with Crippen LogP contribution in [-0.4, -0.2) is 43.9 Å². The molecule has 2 heterocycles. The number of nitrogens with zero attached hydrogens (tertiary/aromatic N) is 4. The Morgan fingerprint density at radius 2 is 1.97 bits per heavy atom. The first kappa shape index (κ1) is 22.6. The van der Waals surface area contributed by atoms with E-state index in [1.54, 1.807) is 36.3 Å². The summed E-state index contributed by atoms with van der Waals surface area (Å²) in [7, 11) is 1.62. The van der Waals surface area contributed by atoms with Crippen molar-refractivity contribution >= 4 is 29.0 Å². The van der Waals surface area contributed by atoms with E-state index in [0.29, 0.717) is 53.9 Å². The molecule has 170 valence electrons. The topological polar surface area (TPSA) is 107 Å². The first-order valence-corrected chi connectivity index (χ1v) is 10.9. The maximum Gasteiger partial charge on any atom is 0.262 e. The lowest BCUT2D eigenvalue weighted by Gasteiger charge is -2.10. The van der Waals surface area contributed by atoms with Gasteiger partial charge in [-0.1, -0.05) is 24.3 Å². The van der Waals surface area contributed by atoms with Crippen LogP contribution in [0, 0.1) is 4.77 Å². The van der Waals surface area contributed by atoms with E-state index in [1.165, 1.54) is 10.9 Å². The summed E-state index contributed by atoms with van der Waals surface area (Å²) in [5.41, 5.74) is 2.88. The molecule has 0 saturated heterocycles. The van der Waals surface area contributed by atoms with Gasteiger partial charge in [-0.3, -0.25) is 14.2 Å². The highest BCUT2D eigenvalue weighted by Gasteiger charge is 2.10. The minimum atomic E-state index is -0.229. The van der Waals surface area contributed by atoms with Gasteiger partial charge in [0.25, 0.3) is 11.5 Å². The second-order valence-corrected chi connectivity index (χ2v) is 7.97. The molecule has 0 aliphatic carbocycles. The van der Waals surface area contributed by atoms with Gasteiger partial charge in [-0.25, -0.2) is 9.67 Å². The van der Waals surface area contributed by atoms with Gasteiger partial charge in [-0.15, -0.1) is 0 Å². The van der Waals surface area contributed by atoms with Crippen LogP contribution in [0.5, 0.6) is 0 Å². The number of fused-ring (bicyclic) bond motifs is 1. The highest BCUT2D eigenvalue weighted by Crippen LogP contribution is 2.12. The molecule has 0 spiro atoms. The maximum atomic E-state index is 12.8. The summed E-state index contributed by atoms with van der Waals surface area (Å²) < 4.78 is 8.63. The molecule has 9 nitrogen and oxygen atoms in total. The van der Waals surface area contributed by atoms with Crippen LogP contribution in [-0.2, 0) is 24.4 Å².